The number of halogens is 1. The van der Waals surface area contributed by atoms with Crippen LogP contribution in [-0.2, 0) is 4.79 Å². The SMILES string of the molecule is Cc1cccc(C(=O)NCCC(=O)NC(C)c2ccccc2Cl)c1. The number of carbonyl (C=O) groups excluding carboxylic acids is 2. The highest BCUT2D eigenvalue weighted by Crippen LogP contribution is 2.21. The summed E-state index contributed by atoms with van der Waals surface area (Å²) in [7, 11) is 0. The summed E-state index contributed by atoms with van der Waals surface area (Å²) in [5.74, 6) is -0.308. The Morgan fingerprint density at radius 2 is 1.88 bits per heavy atom. The maximum absolute atomic E-state index is 12.0. The van der Waals surface area contributed by atoms with E-state index in [2.05, 4.69) is 10.6 Å². The molecule has 0 heterocycles. The molecule has 0 radical (unpaired) electrons. The van der Waals surface area contributed by atoms with Crippen LogP contribution in [0.4, 0.5) is 0 Å². The monoisotopic (exact) mass is 344 g/mol. The molecule has 0 fully saturated rings. The topological polar surface area (TPSA) is 58.2 Å². The predicted molar refractivity (Wildman–Crippen MR) is 96.1 cm³/mol. The van der Waals surface area contributed by atoms with Crippen LogP contribution in [0.1, 0.15) is 40.9 Å². The van der Waals surface area contributed by atoms with E-state index in [0.717, 1.165) is 11.1 Å². The first-order valence-electron chi connectivity index (χ1n) is 7.86. The fourth-order valence-electron chi connectivity index (χ4n) is 2.40. The highest BCUT2D eigenvalue weighted by Gasteiger charge is 2.12. The average molecular weight is 345 g/mol. The number of benzene rings is 2. The molecule has 2 rings (SSSR count). The molecule has 0 aromatic heterocycles. The first kappa shape index (κ1) is 18.0. The Bertz CT molecular complexity index is 731. The molecule has 0 saturated heterocycles. The first-order valence-corrected chi connectivity index (χ1v) is 8.24. The van der Waals surface area contributed by atoms with Crippen LogP contribution < -0.4 is 10.6 Å². The summed E-state index contributed by atoms with van der Waals surface area (Å²) in [5, 5.41) is 6.26. The van der Waals surface area contributed by atoms with Crippen LogP contribution in [0.5, 0.6) is 0 Å². The fraction of sp³-hybridized carbons (Fsp3) is 0.263. The normalized spacial score (nSPS) is 11.6. The molecule has 2 aromatic carbocycles. The van der Waals surface area contributed by atoms with Gasteiger partial charge in [-0.2, -0.15) is 0 Å². The summed E-state index contributed by atoms with van der Waals surface area (Å²) in [6.45, 7) is 4.10. The number of rotatable bonds is 6. The van der Waals surface area contributed by atoms with Crippen LogP contribution in [-0.4, -0.2) is 18.4 Å². The Labute approximate surface area is 147 Å². The molecule has 24 heavy (non-hydrogen) atoms. The van der Waals surface area contributed by atoms with E-state index >= 15 is 0 Å². The van der Waals surface area contributed by atoms with Gasteiger partial charge in [-0.05, 0) is 37.6 Å². The molecule has 2 amide bonds. The van der Waals surface area contributed by atoms with Gasteiger partial charge >= 0.3 is 0 Å². The highest BCUT2D eigenvalue weighted by molar-refractivity contribution is 6.31. The van der Waals surface area contributed by atoms with Gasteiger partial charge in [0.25, 0.3) is 5.91 Å². The predicted octanol–water partition coefficient (Wildman–Crippen LogP) is 3.65. The molecule has 2 aromatic rings. The Balaban J connectivity index is 1.79. The molecule has 5 heteroatoms. The van der Waals surface area contributed by atoms with E-state index in [4.69, 9.17) is 11.6 Å². The van der Waals surface area contributed by atoms with Crippen LogP contribution >= 0.6 is 11.6 Å². The van der Waals surface area contributed by atoms with E-state index < -0.39 is 0 Å². The zero-order chi connectivity index (χ0) is 17.5. The number of amides is 2. The number of hydrogen-bond donors (Lipinski definition) is 2. The maximum atomic E-state index is 12.0. The van der Waals surface area contributed by atoms with E-state index in [1.807, 2.05) is 50.2 Å². The van der Waals surface area contributed by atoms with Crippen LogP contribution in [0.25, 0.3) is 0 Å². The summed E-state index contributed by atoms with van der Waals surface area (Å²) in [6.07, 6.45) is 0.215. The van der Waals surface area contributed by atoms with Crippen molar-refractivity contribution in [3.8, 4) is 0 Å². The van der Waals surface area contributed by atoms with Crippen LogP contribution in [0.2, 0.25) is 5.02 Å². The zero-order valence-electron chi connectivity index (χ0n) is 13.8. The van der Waals surface area contributed by atoms with Gasteiger partial charge in [-0.15, -0.1) is 0 Å². The van der Waals surface area contributed by atoms with Crippen molar-refractivity contribution in [2.75, 3.05) is 6.54 Å². The molecule has 0 aliphatic heterocycles. The Morgan fingerprint density at radius 3 is 2.58 bits per heavy atom. The number of carbonyl (C=O) groups is 2. The van der Waals surface area contributed by atoms with Crippen molar-refractivity contribution in [1.82, 2.24) is 10.6 Å². The zero-order valence-corrected chi connectivity index (χ0v) is 14.6. The molecule has 1 atom stereocenters. The summed E-state index contributed by atoms with van der Waals surface area (Å²) in [5.41, 5.74) is 2.49. The highest BCUT2D eigenvalue weighted by atomic mass is 35.5. The van der Waals surface area contributed by atoms with E-state index in [9.17, 15) is 9.59 Å². The lowest BCUT2D eigenvalue weighted by molar-refractivity contribution is -0.121. The van der Waals surface area contributed by atoms with Crippen molar-refractivity contribution in [2.45, 2.75) is 26.3 Å². The Hall–Kier alpha value is -2.33. The summed E-state index contributed by atoms with van der Waals surface area (Å²) in [4.78, 5) is 24.0. The average Bonchev–Trinajstić information content (AvgIpc) is 2.55. The van der Waals surface area contributed by atoms with Gasteiger partial charge in [-0.25, -0.2) is 0 Å². The molecule has 0 bridgehead atoms. The molecule has 0 spiro atoms. The van der Waals surface area contributed by atoms with E-state index in [1.54, 1.807) is 12.1 Å². The van der Waals surface area contributed by atoms with E-state index in [1.165, 1.54) is 0 Å². The number of nitrogens with one attached hydrogen (secondary N) is 2. The van der Waals surface area contributed by atoms with Gasteiger partial charge < -0.3 is 10.6 Å². The molecule has 4 nitrogen and oxygen atoms in total. The van der Waals surface area contributed by atoms with Gasteiger partial charge in [-0.3, -0.25) is 9.59 Å². The third-order valence-electron chi connectivity index (χ3n) is 3.67. The second-order valence-corrected chi connectivity index (χ2v) is 6.09. The first-order chi connectivity index (χ1) is 11.5. The Morgan fingerprint density at radius 1 is 1.12 bits per heavy atom. The molecule has 0 saturated carbocycles. The van der Waals surface area contributed by atoms with Crippen molar-refractivity contribution in [3.05, 3.63) is 70.2 Å². The van der Waals surface area contributed by atoms with Crippen molar-refractivity contribution in [1.29, 1.82) is 0 Å². The third kappa shape index (κ3) is 5.10. The van der Waals surface area contributed by atoms with Crippen molar-refractivity contribution < 1.29 is 9.59 Å². The molecule has 2 N–H and O–H groups in total. The lowest BCUT2D eigenvalue weighted by Crippen LogP contribution is -2.32. The van der Waals surface area contributed by atoms with E-state index in [0.29, 0.717) is 10.6 Å². The van der Waals surface area contributed by atoms with Gasteiger partial charge in [0.15, 0.2) is 0 Å². The summed E-state index contributed by atoms with van der Waals surface area (Å²) >= 11 is 6.12. The lowest BCUT2D eigenvalue weighted by Gasteiger charge is -2.15. The fourth-order valence-corrected chi connectivity index (χ4v) is 2.69. The number of aryl methyl sites for hydroxylation is 1. The largest absolute Gasteiger partial charge is 0.352 e. The van der Waals surface area contributed by atoms with Crippen molar-refractivity contribution in [3.63, 3.8) is 0 Å². The minimum Gasteiger partial charge on any atom is -0.352 e. The number of hydrogen-bond acceptors (Lipinski definition) is 2. The molecule has 1 unspecified atom stereocenters. The van der Waals surface area contributed by atoms with Gasteiger partial charge in [0, 0.05) is 23.6 Å². The molecular weight excluding hydrogens is 324 g/mol. The van der Waals surface area contributed by atoms with Gasteiger partial charge in [0.05, 0.1) is 6.04 Å². The van der Waals surface area contributed by atoms with Gasteiger partial charge in [0.1, 0.15) is 0 Å². The van der Waals surface area contributed by atoms with Crippen LogP contribution in [0.3, 0.4) is 0 Å². The second-order valence-electron chi connectivity index (χ2n) is 5.69. The third-order valence-corrected chi connectivity index (χ3v) is 4.01. The molecule has 126 valence electrons. The van der Waals surface area contributed by atoms with Crippen molar-refractivity contribution >= 4 is 23.4 Å². The van der Waals surface area contributed by atoms with Crippen molar-refractivity contribution in [2.24, 2.45) is 0 Å². The second kappa shape index (κ2) is 8.50. The van der Waals surface area contributed by atoms with E-state index in [-0.39, 0.29) is 30.8 Å². The summed E-state index contributed by atoms with van der Waals surface area (Å²) < 4.78 is 0. The quantitative estimate of drug-likeness (QED) is 0.840. The minimum absolute atomic E-state index is 0.132. The molecular formula is C19H21ClN2O2. The maximum Gasteiger partial charge on any atom is 0.251 e. The summed E-state index contributed by atoms with van der Waals surface area (Å²) in [6, 6.07) is 14.6. The van der Waals surface area contributed by atoms with Gasteiger partial charge in [-0.1, -0.05) is 47.5 Å². The van der Waals surface area contributed by atoms with Gasteiger partial charge in [0.2, 0.25) is 5.91 Å². The smallest absolute Gasteiger partial charge is 0.251 e. The Kier molecular flexibility index (Phi) is 6.38. The standard InChI is InChI=1S/C19H21ClN2O2/c1-13-6-5-7-15(12-13)19(24)21-11-10-18(23)22-14(2)16-8-3-4-9-17(16)20/h3-9,12,14H,10-11H2,1-2H3,(H,21,24)(H,22,23). The van der Waals surface area contributed by atoms with Crippen LogP contribution in [0, 0.1) is 6.92 Å². The van der Waals surface area contributed by atoms with Crippen LogP contribution in [0.15, 0.2) is 48.5 Å². The lowest BCUT2D eigenvalue weighted by atomic mass is 10.1. The minimum atomic E-state index is -0.182. The molecule has 0 aliphatic carbocycles. The molecule has 0 aliphatic rings.